The van der Waals surface area contributed by atoms with Gasteiger partial charge in [0, 0.05) is 26.3 Å². The van der Waals surface area contributed by atoms with E-state index in [9.17, 15) is 8.42 Å². The minimum Gasteiger partial charge on any atom is -0.376 e. The predicted molar refractivity (Wildman–Crippen MR) is 78.9 cm³/mol. The minimum absolute atomic E-state index is 0.106. The average Bonchev–Trinajstić information content (AvgIpc) is 2.86. The standard InChI is InChI=1S/C13H18N4O3S/c1-10-9-16(7-8-20-10)21(18,19)13-12(14-2)15-11-5-3-4-6-17(11)13/h3-6,10,14H,7-9H2,1-2H3. The number of sulfonamides is 1. The van der Waals surface area contributed by atoms with Gasteiger partial charge in [-0.25, -0.2) is 13.4 Å². The summed E-state index contributed by atoms with van der Waals surface area (Å²) in [5, 5.41) is 3.05. The molecule has 0 saturated carbocycles. The summed E-state index contributed by atoms with van der Waals surface area (Å²) in [4.78, 5) is 4.33. The van der Waals surface area contributed by atoms with E-state index in [0.29, 0.717) is 31.2 Å². The Kier molecular flexibility index (Phi) is 3.60. The van der Waals surface area contributed by atoms with Crippen LogP contribution < -0.4 is 5.32 Å². The normalized spacial score (nSPS) is 20.8. The second-order valence-electron chi connectivity index (χ2n) is 4.99. The second kappa shape index (κ2) is 5.28. The molecule has 1 atom stereocenters. The molecular weight excluding hydrogens is 292 g/mol. The number of pyridine rings is 1. The van der Waals surface area contributed by atoms with Crippen molar-refractivity contribution >= 4 is 21.5 Å². The van der Waals surface area contributed by atoms with Crippen molar-refractivity contribution in [1.82, 2.24) is 13.7 Å². The summed E-state index contributed by atoms with van der Waals surface area (Å²) in [6.07, 6.45) is 1.60. The van der Waals surface area contributed by atoms with Crippen molar-refractivity contribution in [3.8, 4) is 0 Å². The number of nitrogens with zero attached hydrogens (tertiary/aromatic N) is 3. The maximum Gasteiger partial charge on any atom is 0.263 e. The lowest BCUT2D eigenvalue weighted by Crippen LogP contribution is -2.44. The van der Waals surface area contributed by atoms with Crippen LogP contribution in [0.4, 0.5) is 5.82 Å². The number of morpholine rings is 1. The summed E-state index contributed by atoms with van der Waals surface area (Å²) in [6, 6.07) is 5.39. The highest BCUT2D eigenvalue weighted by Crippen LogP contribution is 2.26. The topological polar surface area (TPSA) is 75.9 Å². The zero-order valence-electron chi connectivity index (χ0n) is 12.0. The molecule has 1 unspecified atom stereocenters. The van der Waals surface area contributed by atoms with Crippen molar-refractivity contribution in [2.24, 2.45) is 0 Å². The molecule has 1 fully saturated rings. The van der Waals surface area contributed by atoms with Crippen LogP contribution in [0.5, 0.6) is 0 Å². The second-order valence-corrected chi connectivity index (χ2v) is 6.84. The Bertz CT molecular complexity index is 756. The van der Waals surface area contributed by atoms with Crippen molar-refractivity contribution in [2.75, 3.05) is 32.1 Å². The number of imidazole rings is 1. The zero-order valence-corrected chi connectivity index (χ0v) is 12.8. The van der Waals surface area contributed by atoms with Gasteiger partial charge in [-0.1, -0.05) is 6.07 Å². The molecule has 2 aromatic heterocycles. The predicted octanol–water partition coefficient (Wildman–Crippen LogP) is 0.785. The molecule has 1 saturated heterocycles. The quantitative estimate of drug-likeness (QED) is 0.907. The van der Waals surface area contributed by atoms with Gasteiger partial charge in [0.1, 0.15) is 5.65 Å². The summed E-state index contributed by atoms with van der Waals surface area (Å²) < 4.78 is 34.4. The van der Waals surface area contributed by atoms with Gasteiger partial charge in [-0.05, 0) is 19.1 Å². The number of rotatable bonds is 3. The van der Waals surface area contributed by atoms with E-state index < -0.39 is 10.0 Å². The minimum atomic E-state index is -3.63. The molecule has 0 aliphatic carbocycles. The Morgan fingerprint density at radius 2 is 2.24 bits per heavy atom. The van der Waals surface area contributed by atoms with Crippen LogP contribution in [0.25, 0.3) is 5.65 Å². The van der Waals surface area contributed by atoms with E-state index in [4.69, 9.17) is 4.74 Å². The summed E-state index contributed by atoms with van der Waals surface area (Å²) >= 11 is 0. The molecule has 2 aromatic rings. The van der Waals surface area contributed by atoms with Gasteiger partial charge in [0.25, 0.3) is 10.0 Å². The van der Waals surface area contributed by atoms with E-state index in [1.54, 1.807) is 29.8 Å². The van der Waals surface area contributed by atoms with Gasteiger partial charge in [0.05, 0.1) is 12.7 Å². The van der Waals surface area contributed by atoms with E-state index in [1.165, 1.54) is 4.31 Å². The van der Waals surface area contributed by atoms with Gasteiger partial charge in [-0.2, -0.15) is 4.31 Å². The average molecular weight is 310 g/mol. The fourth-order valence-corrected chi connectivity index (χ4v) is 4.27. The molecule has 1 aliphatic rings. The van der Waals surface area contributed by atoms with E-state index in [-0.39, 0.29) is 11.1 Å². The van der Waals surface area contributed by atoms with Crippen molar-refractivity contribution in [3.63, 3.8) is 0 Å². The Morgan fingerprint density at radius 3 is 2.95 bits per heavy atom. The molecule has 1 aliphatic heterocycles. The SMILES string of the molecule is CNc1nc2ccccn2c1S(=O)(=O)N1CCOC(C)C1. The summed E-state index contributed by atoms with van der Waals surface area (Å²) in [6.45, 7) is 2.99. The van der Waals surface area contributed by atoms with Crippen LogP contribution in [0.1, 0.15) is 6.92 Å². The highest BCUT2D eigenvalue weighted by Gasteiger charge is 2.34. The molecule has 21 heavy (non-hydrogen) atoms. The number of hydrogen-bond donors (Lipinski definition) is 1. The Balaban J connectivity index is 2.14. The fourth-order valence-electron chi connectivity index (χ4n) is 2.51. The van der Waals surface area contributed by atoms with Crippen molar-refractivity contribution in [1.29, 1.82) is 0 Å². The number of ether oxygens (including phenoxy) is 1. The van der Waals surface area contributed by atoms with Crippen LogP contribution >= 0.6 is 0 Å². The van der Waals surface area contributed by atoms with Crippen molar-refractivity contribution in [2.45, 2.75) is 18.1 Å². The van der Waals surface area contributed by atoms with E-state index in [2.05, 4.69) is 10.3 Å². The Labute approximate surface area is 123 Å². The number of nitrogens with one attached hydrogen (secondary N) is 1. The molecule has 3 rings (SSSR count). The molecule has 0 spiro atoms. The van der Waals surface area contributed by atoms with Gasteiger partial charge < -0.3 is 10.1 Å². The maximum atomic E-state index is 13.0. The number of fused-ring (bicyclic) bond motifs is 1. The van der Waals surface area contributed by atoms with Gasteiger partial charge >= 0.3 is 0 Å². The molecular formula is C13H18N4O3S. The van der Waals surface area contributed by atoms with Gasteiger partial charge in [0.15, 0.2) is 10.8 Å². The number of aromatic nitrogens is 2. The van der Waals surface area contributed by atoms with E-state index in [1.807, 2.05) is 13.0 Å². The lowest BCUT2D eigenvalue weighted by molar-refractivity contribution is 0.0101. The highest BCUT2D eigenvalue weighted by atomic mass is 32.2. The number of hydrogen-bond acceptors (Lipinski definition) is 5. The zero-order chi connectivity index (χ0) is 15.0. The monoisotopic (exact) mass is 310 g/mol. The first-order valence-electron chi connectivity index (χ1n) is 6.80. The van der Waals surface area contributed by atoms with Crippen LogP contribution in [0.3, 0.4) is 0 Å². The van der Waals surface area contributed by atoms with Gasteiger partial charge in [-0.3, -0.25) is 4.40 Å². The lowest BCUT2D eigenvalue weighted by atomic mass is 10.3. The Morgan fingerprint density at radius 1 is 1.43 bits per heavy atom. The first-order valence-corrected chi connectivity index (χ1v) is 8.24. The molecule has 1 N–H and O–H groups in total. The molecule has 114 valence electrons. The maximum absolute atomic E-state index is 13.0. The van der Waals surface area contributed by atoms with Crippen LogP contribution in [0, 0.1) is 0 Å². The van der Waals surface area contributed by atoms with Crippen LogP contribution in [0.15, 0.2) is 29.4 Å². The lowest BCUT2D eigenvalue weighted by Gasteiger charge is -2.30. The smallest absolute Gasteiger partial charge is 0.263 e. The third-order valence-electron chi connectivity index (χ3n) is 3.51. The van der Waals surface area contributed by atoms with E-state index in [0.717, 1.165) is 0 Å². The van der Waals surface area contributed by atoms with Crippen molar-refractivity contribution in [3.05, 3.63) is 24.4 Å². The molecule has 0 aromatic carbocycles. The molecule has 0 bridgehead atoms. The number of anilines is 1. The first-order chi connectivity index (χ1) is 10.0. The third kappa shape index (κ3) is 2.39. The van der Waals surface area contributed by atoms with Crippen LogP contribution in [-0.2, 0) is 14.8 Å². The van der Waals surface area contributed by atoms with Crippen molar-refractivity contribution < 1.29 is 13.2 Å². The highest BCUT2D eigenvalue weighted by molar-refractivity contribution is 7.89. The van der Waals surface area contributed by atoms with Crippen LogP contribution in [-0.4, -0.2) is 55.0 Å². The summed E-state index contributed by atoms with van der Waals surface area (Å²) in [5.74, 6) is 0.361. The first kappa shape index (κ1) is 14.3. The summed E-state index contributed by atoms with van der Waals surface area (Å²) in [7, 11) is -1.96. The molecule has 0 radical (unpaired) electrons. The van der Waals surface area contributed by atoms with Gasteiger partial charge in [-0.15, -0.1) is 0 Å². The molecule has 0 amide bonds. The third-order valence-corrected chi connectivity index (χ3v) is 5.40. The summed E-state index contributed by atoms with van der Waals surface area (Å²) in [5.41, 5.74) is 0.599. The molecule has 3 heterocycles. The van der Waals surface area contributed by atoms with Crippen LogP contribution in [0.2, 0.25) is 0 Å². The largest absolute Gasteiger partial charge is 0.376 e. The Hall–Kier alpha value is -1.64. The molecule has 8 heteroatoms. The fraction of sp³-hybridized carbons (Fsp3) is 0.462. The van der Waals surface area contributed by atoms with E-state index >= 15 is 0 Å². The van der Waals surface area contributed by atoms with Gasteiger partial charge in [0.2, 0.25) is 0 Å². The molecule has 7 nitrogen and oxygen atoms in total.